The summed E-state index contributed by atoms with van der Waals surface area (Å²) in [6, 6.07) is 15.2. The van der Waals surface area contributed by atoms with Gasteiger partial charge in [-0.15, -0.1) is 0 Å². The molecule has 0 radical (unpaired) electrons. The molecule has 0 bridgehead atoms. The van der Waals surface area contributed by atoms with Gasteiger partial charge < -0.3 is 5.32 Å². The van der Waals surface area contributed by atoms with Gasteiger partial charge >= 0.3 is 0 Å². The predicted molar refractivity (Wildman–Crippen MR) is 88.4 cm³/mol. The van der Waals surface area contributed by atoms with E-state index in [9.17, 15) is 0 Å². The Morgan fingerprint density at radius 1 is 0.900 bits per heavy atom. The number of hydrogen-bond donors (Lipinski definition) is 1. The Bertz CT molecular complexity index is 591. The number of anilines is 1. The third kappa shape index (κ3) is 3.41. The van der Waals surface area contributed by atoms with Crippen LogP contribution in [-0.4, -0.2) is 0 Å². The van der Waals surface area contributed by atoms with Crippen LogP contribution < -0.4 is 5.32 Å². The Kier molecular flexibility index (Phi) is 4.17. The van der Waals surface area contributed by atoms with E-state index in [1.54, 1.807) is 0 Å². The molecule has 0 amide bonds. The Morgan fingerprint density at radius 3 is 2.25 bits per heavy atom. The molecule has 0 aliphatic carbocycles. The van der Waals surface area contributed by atoms with Gasteiger partial charge in [0.2, 0.25) is 0 Å². The normalized spacial score (nSPS) is 11.4. The molecule has 0 heterocycles. The van der Waals surface area contributed by atoms with E-state index in [4.69, 9.17) is 0 Å². The molecule has 0 atom stereocenters. The molecule has 2 aromatic carbocycles. The fourth-order valence-electron chi connectivity index (χ4n) is 2.29. The molecule has 2 aromatic rings. The Balaban J connectivity index is 2.19. The van der Waals surface area contributed by atoms with Crippen LogP contribution in [0, 0.1) is 13.8 Å². The topological polar surface area (TPSA) is 12.0 Å². The van der Waals surface area contributed by atoms with E-state index in [0.29, 0.717) is 0 Å². The molecule has 2 rings (SSSR count). The first-order chi connectivity index (χ1) is 9.38. The van der Waals surface area contributed by atoms with Gasteiger partial charge in [-0.05, 0) is 47.6 Å². The van der Waals surface area contributed by atoms with Crippen LogP contribution in [-0.2, 0) is 12.0 Å². The third-order valence-corrected chi connectivity index (χ3v) is 3.83. The lowest BCUT2D eigenvalue weighted by atomic mass is 9.85. The van der Waals surface area contributed by atoms with Crippen molar-refractivity contribution in [2.45, 2.75) is 46.6 Å². The molecule has 0 aromatic heterocycles. The summed E-state index contributed by atoms with van der Waals surface area (Å²) in [6.07, 6.45) is 0. The van der Waals surface area contributed by atoms with Crippen LogP contribution in [0.25, 0.3) is 0 Å². The first kappa shape index (κ1) is 14.6. The number of aryl methyl sites for hydroxylation is 2. The minimum atomic E-state index is 0.200. The molecule has 106 valence electrons. The summed E-state index contributed by atoms with van der Waals surface area (Å²) in [5, 5.41) is 3.55. The van der Waals surface area contributed by atoms with E-state index in [-0.39, 0.29) is 5.41 Å². The zero-order chi connectivity index (χ0) is 14.8. The zero-order valence-corrected chi connectivity index (χ0v) is 13.2. The molecule has 0 saturated heterocycles. The number of nitrogens with one attached hydrogen (secondary N) is 1. The van der Waals surface area contributed by atoms with Gasteiger partial charge in [-0.3, -0.25) is 0 Å². The Hall–Kier alpha value is -1.76. The number of benzene rings is 2. The maximum Gasteiger partial charge on any atom is 0.0403 e. The van der Waals surface area contributed by atoms with Crippen molar-refractivity contribution in [2.75, 3.05) is 5.32 Å². The van der Waals surface area contributed by atoms with Crippen molar-refractivity contribution in [3.63, 3.8) is 0 Å². The van der Waals surface area contributed by atoms with E-state index in [1.165, 1.54) is 27.9 Å². The second-order valence-electron chi connectivity index (χ2n) is 6.56. The van der Waals surface area contributed by atoms with Crippen LogP contribution in [0.5, 0.6) is 0 Å². The minimum absolute atomic E-state index is 0.200. The van der Waals surface area contributed by atoms with E-state index in [2.05, 4.69) is 82.4 Å². The van der Waals surface area contributed by atoms with Crippen molar-refractivity contribution in [3.05, 3.63) is 64.7 Å². The van der Waals surface area contributed by atoms with Crippen molar-refractivity contribution in [2.24, 2.45) is 0 Å². The van der Waals surface area contributed by atoms with E-state index in [1.807, 2.05) is 0 Å². The quantitative estimate of drug-likeness (QED) is 0.804. The summed E-state index contributed by atoms with van der Waals surface area (Å²) in [5.74, 6) is 0. The maximum absolute atomic E-state index is 3.55. The molecule has 0 fully saturated rings. The fraction of sp³-hybridized carbons (Fsp3) is 0.368. The smallest absolute Gasteiger partial charge is 0.0403 e. The number of para-hydroxylation sites is 1. The standard InChI is InChI=1S/C19H25N/c1-14-10-11-17(19(3,4)5)12-16(14)13-20-18-9-7-6-8-15(18)2/h6-12,20H,13H2,1-5H3. The van der Waals surface area contributed by atoms with Crippen molar-refractivity contribution in [1.82, 2.24) is 0 Å². The van der Waals surface area contributed by atoms with Crippen molar-refractivity contribution in [3.8, 4) is 0 Å². The van der Waals surface area contributed by atoms with Crippen LogP contribution in [0.3, 0.4) is 0 Å². The van der Waals surface area contributed by atoms with Crippen LogP contribution in [0.1, 0.15) is 43.0 Å². The molecule has 0 saturated carbocycles. The molecule has 0 aliphatic heterocycles. The largest absolute Gasteiger partial charge is 0.381 e. The molecule has 1 nitrogen and oxygen atoms in total. The summed E-state index contributed by atoms with van der Waals surface area (Å²) in [4.78, 5) is 0. The second-order valence-corrected chi connectivity index (χ2v) is 6.56. The highest BCUT2D eigenvalue weighted by Gasteiger charge is 2.14. The van der Waals surface area contributed by atoms with Gasteiger partial charge in [-0.2, -0.15) is 0 Å². The van der Waals surface area contributed by atoms with Gasteiger partial charge in [0.05, 0.1) is 0 Å². The van der Waals surface area contributed by atoms with Crippen LogP contribution >= 0.6 is 0 Å². The van der Waals surface area contributed by atoms with Crippen molar-refractivity contribution in [1.29, 1.82) is 0 Å². The summed E-state index contributed by atoms with van der Waals surface area (Å²) in [6.45, 7) is 12.0. The third-order valence-electron chi connectivity index (χ3n) is 3.83. The van der Waals surface area contributed by atoms with Gasteiger partial charge in [0.1, 0.15) is 0 Å². The number of hydrogen-bond acceptors (Lipinski definition) is 1. The lowest BCUT2D eigenvalue weighted by molar-refractivity contribution is 0.589. The van der Waals surface area contributed by atoms with Crippen molar-refractivity contribution >= 4 is 5.69 Å². The highest BCUT2D eigenvalue weighted by atomic mass is 14.9. The van der Waals surface area contributed by atoms with Gasteiger partial charge in [-0.1, -0.05) is 57.2 Å². The SMILES string of the molecule is Cc1ccc(C(C)(C)C)cc1CNc1ccccc1C. The molecule has 1 N–H and O–H groups in total. The van der Waals surface area contributed by atoms with Gasteiger partial charge in [-0.25, -0.2) is 0 Å². The van der Waals surface area contributed by atoms with E-state index in [0.717, 1.165) is 6.54 Å². The highest BCUT2D eigenvalue weighted by molar-refractivity contribution is 5.51. The highest BCUT2D eigenvalue weighted by Crippen LogP contribution is 2.25. The van der Waals surface area contributed by atoms with Crippen LogP contribution in [0.15, 0.2) is 42.5 Å². The monoisotopic (exact) mass is 267 g/mol. The van der Waals surface area contributed by atoms with Gasteiger partial charge in [0.15, 0.2) is 0 Å². The summed E-state index contributed by atoms with van der Waals surface area (Å²) < 4.78 is 0. The molecule has 1 heteroatoms. The number of rotatable bonds is 3. The Labute approximate surface area is 123 Å². The first-order valence-corrected chi connectivity index (χ1v) is 7.27. The molecule has 20 heavy (non-hydrogen) atoms. The van der Waals surface area contributed by atoms with Gasteiger partial charge in [0.25, 0.3) is 0 Å². The Morgan fingerprint density at radius 2 is 1.60 bits per heavy atom. The lowest BCUT2D eigenvalue weighted by Gasteiger charge is -2.21. The minimum Gasteiger partial charge on any atom is -0.381 e. The molecular weight excluding hydrogens is 242 g/mol. The van der Waals surface area contributed by atoms with Crippen molar-refractivity contribution < 1.29 is 0 Å². The first-order valence-electron chi connectivity index (χ1n) is 7.27. The molecule has 0 spiro atoms. The predicted octanol–water partition coefficient (Wildman–Crippen LogP) is 5.21. The van der Waals surface area contributed by atoms with Crippen LogP contribution in [0.4, 0.5) is 5.69 Å². The van der Waals surface area contributed by atoms with E-state index < -0.39 is 0 Å². The molecule has 0 aliphatic rings. The van der Waals surface area contributed by atoms with Crippen LogP contribution in [0.2, 0.25) is 0 Å². The molecular formula is C19H25N. The average molecular weight is 267 g/mol. The molecule has 0 unspecified atom stereocenters. The lowest BCUT2D eigenvalue weighted by Crippen LogP contribution is -2.12. The van der Waals surface area contributed by atoms with E-state index >= 15 is 0 Å². The summed E-state index contributed by atoms with van der Waals surface area (Å²) >= 11 is 0. The fourth-order valence-corrected chi connectivity index (χ4v) is 2.29. The average Bonchev–Trinajstić information content (AvgIpc) is 2.38. The second kappa shape index (κ2) is 5.70. The summed E-state index contributed by atoms with van der Waals surface area (Å²) in [7, 11) is 0. The zero-order valence-electron chi connectivity index (χ0n) is 13.2. The maximum atomic E-state index is 3.55. The van der Waals surface area contributed by atoms with Gasteiger partial charge in [0, 0.05) is 12.2 Å². The summed E-state index contributed by atoms with van der Waals surface area (Å²) in [5.41, 5.74) is 6.82.